The van der Waals surface area contributed by atoms with E-state index in [-0.39, 0.29) is 6.10 Å². The summed E-state index contributed by atoms with van der Waals surface area (Å²) in [5.74, 6) is 1.45. The van der Waals surface area contributed by atoms with Crippen LogP contribution < -0.4 is 15.4 Å². The van der Waals surface area contributed by atoms with Crippen LogP contribution in [0.5, 0.6) is 5.75 Å². The fourth-order valence-corrected chi connectivity index (χ4v) is 2.98. The number of rotatable bonds is 2. The van der Waals surface area contributed by atoms with Crippen molar-refractivity contribution in [3.63, 3.8) is 0 Å². The Bertz CT molecular complexity index is 623. The molecule has 1 aromatic carbocycles. The molecule has 0 saturated heterocycles. The van der Waals surface area contributed by atoms with Gasteiger partial charge in [0.05, 0.1) is 17.9 Å². The molecule has 2 heterocycles. The highest BCUT2D eigenvalue weighted by atomic mass is 32.1. The Morgan fingerprint density at radius 2 is 2.25 bits per heavy atom. The summed E-state index contributed by atoms with van der Waals surface area (Å²) >= 11 is 1.46. The van der Waals surface area contributed by atoms with E-state index in [1.807, 2.05) is 17.5 Å². The van der Waals surface area contributed by atoms with Gasteiger partial charge in [0.15, 0.2) is 5.13 Å². The second-order valence-electron chi connectivity index (χ2n) is 5.53. The van der Waals surface area contributed by atoms with Gasteiger partial charge in [-0.1, -0.05) is 13.8 Å². The maximum Gasteiger partial charge on any atom is 0.180 e. The van der Waals surface area contributed by atoms with Gasteiger partial charge in [-0.25, -0.2) is 4.98 Å². The number of hydrogen-bond acceptors (Lipinski definition) is 5. The fourth-order valence-electron chi connectivity index (χ4n) is 2.41. The van der Waals surface area contributed by atoms with Gasteiger partial charge in [0.1, 0.15) is 11.9 Å². The summed E-state index contributed by atoms with van der Waals surface area (Å²) in [6, 6.07) is 6.20. The van der Waals surface area contributed by atoms with Crippen LogP contribution in [0.15, 0.2) is 23.6 Å². The van der Waals surface area contributed by atoms with E-state index in [9.17, 15) is 0 Å². The number of nitrogens with two attached hydrogens (primary N) is 1. The SMILES string of the molecule is CC(C)C1CN(C)c2cc(-c3csc(N)n3)ccc2O1. The number of anilines is 2. The van der Waals surface area contributed by atoms with Gasteiger partial charge in [-0.2, -0.15) is 0 Å². The number of aromatic nitrogens is 1. The first-order chi connectivity index (χ1) is 9.54. The van der Waals surface area contributed by atoms with E-state index in [0.29, 0.717) is 11.0 Å². The monoisotopic (exact) mass is 289 g/mol. The first-order valence-electron chi connectivity index (χ1n) is 6.78. The third kappa shape index (κ3) is 2.33. The lowest BCUT2D eigenvalue weighted by Crippen LogP contribution is -2.40. The quantitative estimate of drug-likeness (QED) is 0.922. The number of hydrogen-bond donors (Lipinski definition) is 1. The minimum Gasteiger partial charge on any atom is -0.486 e. The van der Waals surface area contributed by atoms with Crippen molar-refractivity contribution in [2.24, 2.45) is 5.92 Å². The van der Waals surface area contributed by atoms with E-state index in [2.05, 4.69) is 36.8 Å². The average molecular weight is 289 g/mol. The van der Waals surface area contributed by atoms with Gasteiger partial charge in [0.25, 0.3) is 0 Å². The molecular formula is C15H19N3OS. The van der Waals surface area contributed by atoms with Crippen molar-refractivity contribution in [1.82, 2.24) is 4.98 Å². The third-order valence-electron chi connectivity index (χ3n) is 3.66. The Hall–Kier alpha value is -1.75. The maximum atomic E-state index is 6.08. The van der Waals surface area contributed by atoms with Crippen molar-refractivity contribution < 1.29 is 4.74 Å². The van der Waals surface area contributed by atoms with Crippen LogP contribution in [0.25, 0.3) is 11.3 Å². The van der Waals surface area contributed by atoms with Gasteiger partial charge < -0.3 is 15.4 Å². The standard InChI is InChI=1S/C15H19N3OS/c1-9(2)14-7-18(3)12-6-10(4-5-13(12)19-14)11-8-20-15(16)17-11/h4-6,8-9,14H,7H2,1-3H3,(H2,16,17). The molecule has 0 spiro atoms. The molecule has 20 heavy (non-hydrogen) atoms. The summed E-state index contributed by atoms with van der Waals surface area (Å²) in [5.41, 5.74) is 8.83. The van der Waals surface area contributed by atoms with Crippen molar-refractivity contribution in [1.29, 1.82) is 0 Å². The molecular weight excluding hydrogens is 270 g/mol. The molecule has 0 amide bonds. The highest BCUT2D eigenvalue weighted by Gasteiger charge is 2.26. The molecule has 0 saturated carbocycles. The maximum absolute atomic E-state index is 6.08. The van der Waals surface area contributed by atoms with Crippen molar-refractivity contribution in [3.8, 4) is 17.0 Å². The van der Waals surface area contributed by atoms with Crippen LogP contribution >= 0.6 is 11.3 Å². The molecule has 0 radical (unpaired) electrons. The number of benzene rings is 1. The van der Waals surface area contributed by atoms with E-state index >= 15 is 0 Å². The highest BCUT2D eigenvalue weighted by molar-refractivity contribution is 7.13. The van der Waals surface area contributed by atoms with Gasteiger partial charge in [-0.3, -0.25) is 0 Å². The smallest absolute Gasteiger partial charge is 0.180 e. The van der Waals surface area contributed by atoms with Crippen LogP contribution in [0.4, 0.5) is 10.8 Å². The molecule has 1 aromatic heterocycles. The Morgan fingerprint density at radius 3 is 2.90 bits per heavy atom. The number of fused-ring (bicyclic) bond motifs is 1. The van der Waals surface area contributed by atoms with Crippen molar-refractivity contribution in [3.05, 3.63) is 23.6 Å². The lowest BCUT2D eigenvalue weighted by Gasteiger charge is -2.36. The zero-order chi connectivity index (χ0) is 14.3. The van der Waals surface area contributed by atoms with Crippen LogP contribution in [0.1, 0.15) is 13.8 Å². The van der Waals surface area contributed by atoms with Crippen LogP contribution in [0.2, 0.25) is 0 Å². The zero-order valence-electron chi connectivity index (χ0n) is 12.0. The van der Waals surface area contributed by atoms with E-state index in [1.165, 1.54) is 11.3 Å². The molecule has 1 unspecified atom stereocenters. The summed E-state index contributed by atoms with van der Waals surface area (Å²) < 4.78 is 6.08. The number of thiazole rings is 1. The van der Waals surface area contributed by atoms with Crippen molar-refractivity contribution in [2.75, 3.05) is 24.2 Å². The molecule has 1 atom stereocenters. The molecule has 5 heteroatoms. The molecule has 2 aromatic rings. The summed E-state index contributed by atoms with van der Waals surface area (Å²) in [4.78, 5) is 6.59. The molecule has 2 N–H and O–H groups in total. The Balaban J connectivity index is 1.96. The van der Waals surface area contributed by atoms with Gasteiger partial charge in [0.2, 0.25) is 0 Å². The van der Waals surface area contributed by atoms with Gasteiger partial charge >= 0.3 is 0 Å². The second kappa shape index (κ2) is 4.98. The van der Waals surface area contributed by atoms with Crippen molar-refractivity contribution >= 4 is 22.2 Å². The molecule has 106 valence electrons. The molecule has 1 aliphatic heterocycles. The average Bonchev–Trinajstić information content (AvgIpc) is 2.85. The number of ether oxygens (including phenoxy) is 1. The van der Waals surface area contributed by atoms with Crippen molar-refractivity contribution in [2.45, 2.75) is 20.0 Å². The minimum absolute atomic E-state index is 0.244. The topological polar surface area (TPSA) is 51.4 Å². The normalized spacial score (nSPS) is 18.0. The Labute approximate surface area is 123 Å². The number of nitrogen functional groups attached to an aromatic ring is 1. The third-order valence-corrected chi connectivity index (χ3v) is 4.34. The van der Waals surface area contributed by atoms with E-state index in [4.69, 9.17) is 10.5 Å². The summed E-state index contributed by atoms with van der Waals surface area (Å²) in [5, 5.41) is 2.58. The largest absolute Gasteiger partial charge is 0.486 e. The highest BCUT2D eigenvalue weighted by Crippen LogP contribution is 2.37. The molecule has 0 aliphatic carbocycles. The van der Waals surface area contributed by atoms with Crippen LogP contribution in [-0.4, -0.2) is 24.7 Å². The van der Waals surface area contributed by atoms with Gasteiger partial charge in [-0.05, 0) is 24.1 Å². The van der Waals surface area contributed by atoms with Crippen LogP contribution in [0.3, 0.4) is 0 Å². The predicted molar refractivity (Wildman–Crippen MR) is 84.5 cm³/mol. The molecule has 1 aliphatic rings. The lowest BCUT2D eigenvalue weighted by molar-refractivity contribution is 0.148. The molecule has 0 bridgehead atoms. The van der Waals surface area contributed by atoms with Gasteiger partial charge in [0, 0.05) is 18.0 Å². The van der Waals surface area contributed by atoms with Crippen LogP contribution in [-0.2, 0) is 0 Å². The molecule has 0 fully saturated rings. The zero-order valence-corrected chi connectivity index (χ0v) is 12.8. The van der Waals surface area contributed by atoms with E-state index in [0.717, 1.165) is 29.2 Å². The van der Waals surface area contributed by atoms with E-state index < -0.39 is 0 Å². The Kier molecular flexibility index (Phi) is 3.30. The van der Waals surface area contributed by atoms with E-state index in [1.54, 1.807) is 0 Å². The van der Waals surface area contributed by atoms with Gasteiger partial charge in [-0.15, -0.1) is 11.3 Å². The van der Waals surface area contributed by atoms with Crippen LogP contribution in [0, 0.1) is 5.92 Å². The lowest BCUT2D eigenvalue weighted by atomic mass is 10.0. The number of likely N-dealkylation sites (N-methyl/N-ethyl adjacent to an activating group) is 1. The first kappa shape index (κ1) is 13.2. The summed E-state index contributed by atoms with van der Waals surface area (Å²) in [6.07, 6.45) is 0.244. The number of nitrogens with zero attached hydrogens (tertiary/aromatic N) is 2. The Morgan fingerprint density at radius 1 is 1.45 bits per heavy atom. The summed E-state index contributed by atoms with van der Waals surface area (Å²) in [6.45, 7) is 5.29. The minimum atomic E-state index is 0.244. The first-order valence-corrected chi connectivity index (χ1v) is 7.66. The molecule has 3 rings (SSSR count). The second-order valence-corrected chi connectivity index (χ2v) is 6.42. The summed E-state index contributed by atoms with van der Waals surface area (Å²) in [7, 11) is 2.11. The predicted octanol–water partition coefficient (Wildman–Crippen LogP) is 3.25. The fraction of sp³-hybridized carbons (Fsp3) is 0.400. The molecule has 4 nitrogen and oxygen atoms in total.